The SMILES string of the molecule is CCCCC(=O)N1C[C@@H](c2ccc(OC)c(OCC3CC3)c2)[C@](C)([C@@H](C)O)C1. The minimum atomic E-state index is -0.514. The molecule has 3 atom stereocenters. The summed E-state index contributed by atoms with van der Waals surface area (Å²) in [5.41, 5.74) is 0.713. The molecular formula is C23H35NO4. The second-order valence-corrected chi connectivity index (χ2v) is 8.78. The van der Waals surface area contributed by atoms with E-state index < -0.39 is 6.10 Å². The molecule has 5 heteroatoms. The van der Waals surface area contributed by atoms with E-state index in [1.807, 2.05) is 30.0 Å². The number of hydrogen-bond acceptors (Lipinski definition) is 4. The maximum absolute atomic E-state index is 12.6. The number of carbonyl (C=O) groups excluding carboxylic acids is 1. The maximum atomic E-state index is 12.6. The van der Waals surface area contributed by atoms with Crippen molar-refractivity contribution in [2.45, 2.75) is 64.9 Å². The Morgan fingerprint density at radius 2 is 2.11 bits per heavy atom. The molecule has 0 bridgehead atoms. The summed E-state index contributed by atoms with van der Waals surface area (Å²) >= 11 is 0. The van der Waals surface area contributed by atoms with E-state index in [-0.39, 0.29) is 17.2 Å². The Hall–Kier alpha value is -1.75. The first-order valence-electron chi connectivity index (χ1n) is 10.7. The van der Waals surface area contributed by atoms with Gasteiger partial charge in [-0.05, 0) is 49.8 Å². The van der Waals surface area contributed by atoms with E-state index >= 15 is 0 Å². The Morgan fingerprint density at radius 3 is 2.71 bits per heavy atom. The number of unbranched alkanes of at least 4 members (excludes halogenated alkanes) is 1. The van der Waals surface area contributed by atoms with Crippen LogP contribution in [0.4, 0.5) is 0 Å². The van der Waals surface area contributed by atoms with Crippen LogP contribution in [0.25, 0.3) is 0 Å². The van der Waals surface area contributed by atoms with Crippen LogP contribution in [0.15, 0.2) is 18.2 Å². The van der Waals surface area contributed by atoms with Gasteiger partial charge in [-0.3, -0.25) is 4.79 Å². The summed E-state index contributed by atoms with van der Waals surface area (Å²) in [6, 6.07) is 6.04. The minimum absolute atomic E-state index is 0.0623. The zero-order chi connectivity index (χ0) is 20.3. The second kappa shape index (κ2) is 8.73. The molecule has 1 saturated heterocycles. The van der Waals surface area contributed by atoms with E-state index in [0.29, 0.717) is 25.4 Å². The number of benzene rings is 1. The molecular weight excluding hydrogens is 354 g/mol. The molecule has 1 aromatic rings. The Kier molecular flexibility index (Phi) is 6.54. The molecule has 156 valence electrons. The molecule has 1 amide bonds. The van der Waals surface area contributed by atoms with E-state index in [1.54, 1.807) is 7.11 Å². The fourth-order valence-corrected chi connectivity index (χ4v) is 4.12. The summed E-state index contributed by atoms with van der Waals surface area (Å²) in [6.07, 6.45) is 4.46. The molecule has 2 aliphatic rings. The summed E-state index contributed by atoms with van der Waals surface area (Å²) < 4.78 is 11.5. The van der Waals surface area contributed by atoms with Gasteiger partial charge in [0.15, 0.2) is 11.5 Å². The van der Waals surface area contributed by atoms with Crippen molar-refractivity contribution in [3.8, 4) is 11.5 Å². The number of nitrogens with zero attached hydrogens (tertiary/aromatic N) is 1. The molecule has 0 aromatic heterocycles. The van der Waals surface area contributed by atoms with Crippen molar-refractivity contribution in [1.82, 2.24) is 4.90 Å². The lowest BCUT2D eigenvalue weighted by atomic mass is 9.72. The summed E-state index contributed by atoms with van der Waals surface area (Å²) in [5, 5.41) is 10.6. The molecule has 2 fully saturated rings. The molecule has 1 saturated carbocycles. The van der Waals surface area contributed by atoms with E-state index in [9.17, 15) is 9.90 Å². The molecule has 0 unspecified atom stereocenters. The molecule has 1 aliphatic heterocycles. The number of likely N-dealkylation sites (tertiary alicyclic amines) is 1. The quantitative estimate of drug-likeness (QED) is 0.694. The Labute approximate surface area is 169 Å². The van der Waals surface area contributed by atoms with Crippen LogP contribution in [0.2, 0.25) is 0 Å². The van der Waals surface area contributed by atoms with Crippen LogP contribution in [0.1, 0.15) is 64.4 Å². The summed E-state index contributed by atoms with van der Waals surface area (Å²) in [6.45, 7) is 7.96. The normalized spacial score (nSPS) is 25.6. The summed E-state index contributed by atoms with van der Waals surface area (Å²) in [4.78, 5) is 14.6. The first kappa shape index (κ1) is 21.0. The van der Waals surface area contributed by atoms with E-state index in [0.717, 1.165) is 36.5 Å². The molecule has 28 heavy (non-hydrogen) atoms. The van der Waals surface area contributed by atoms with Gasteiger partial charge >= 0.3 is 0 Å². The highest BCUT2D eigenvalue weighted by molar-refractivity contribution is 5.76. The predicted molar refractivity (Wildman–Crippen MR) is 110 cm³/mol. The van der Waals surface area contributed by atoms with Gasteiger partial charge in [0.05, 0.1) is 19.8 Å². The van der Waals surface area contributed by atoms with Gasteiger partial charge in [0.1, 0.15) is 0 Å². The third kappa shape index (κ3) is 4.45. The Bertz CT molecular complexity index is 685. The molecule has 0 spiro atoms. The number of rotatable bonds is 9. The second-order valence-electron chi connectivity index (χ2n) is 8.78. The maximum Gasteiger partial charge on any atom is 0.222 e. The largest absolute Gasteiger partial charge is 0.493 e. The summed E-state index contributed by atoms with van der Waals surface area (Å²) in [7, 11) is 1.66. The van der Waals surface area contributed by atoms with Gasteiger partial charge in [0, 0.05) is 30.8 Å². The van der Waals surface area contributed by atoms with Gasteiger partial charge in [-0.15, -0.1) is 0 Å². The third-order valence-corrected chi connectivity index (χ3v) is 6.54. The van der Waals surface area contributed by atoms with Crippen molar-refractivity contribution in [1.29, 1.82) is 0 Å². The highest BCUT2D eigenvalue weighted by Crippen LogP contribution is 2.47. The average molecular weight is 390 g/mol. The van der Waals surface area contributed by atoms with Crippen LogP contribution in [0, 0.1) is 11.3 Å². The molecule has 1 aliphatic carbocycles. The van der Waals surface area contributed by atoms with Crippen LogP contribution in [0.3, 0.4) is 0 Å². The van der Waals surface area contributed by atoms with E-state index in [1.165, 1.54) is 12.8 Å². The molecule has 1 N–H and O–H groups in total. The number of ether oxygens (including phenoxy) is 2. The number of carbonyl (C=O) groups is 1. The fraction of sp³-hybridized carbons (Fsp3) is 0.696. The Balaban J connectivity index is 1.84. The smallest absolute Gasteiger partial charge is 0.222 e. The highest BCUT2D eigenvalue weighted by atomic mass is 16.5. The number of aliphatic hydroxyl groups excluding tert-OH is 1. The van der Waals surface area contributed by atoms with Crippen molar-refractivity contribution in [3.63, 3.8) is 0 Å². The highest BCUT2D eigenvalue weighted by Gasteiger charge is 2.48. The zero-order valence-electron chi connectivity index (χ0n) is 17.7. The predicted octanol–water partition coefficient (Wildman–Crippen LogP) is 3.99. The molecule has 3 rings (SSSR count). The van der Waals surface area contributed by atoms with E-state index in [2.05, 4.69) is 13.8 Å². The number of methoxy groups -OCH3 is 1. The van der Waals surface area contributed by atoms with Crippen LogP contribution < -0.4 is 9.47 Å². The number of hydrogen-bond donors (Lipinski definition) is 1. The summed E-state index contributed by atoms with van der Waals surface area (Å²) in [5.74, 6) is 2.41. The molecule has 5 nitrogen and oxygen atoms in total. The first-order chi connectivity index (χ1) is 13.4. The molecule has 1 heterocycles. The lowest BCUT2D eigenvalue weighted by Gasteiger charge is -2.33. The van der Waals surface area contributed by atoms with Crippen LogP contribution in [0.5, 0.6) is 11.5 Å². The molecule has 1 aromatic carbocycles. The molecule has 0 radical (unpaired) electrons. The van der Waals surface area contributed by atoms with Crippen LogP contribution >= 0.6 is 0 Å². The van der Waals surface area contributed by atoms with Gasteiger partial charge in [0.2, 0.25) is 5.91 Å². The zero-order valence-corrected chi connectivity index (χ0v) is 17.7. The van der Waals surface area contributed by atoms with Crippen molar-refractivity contribution in [2.24, 2.45) is 11.3 Å². The fourth-order valence-electron chi connectivity index (χ4n) is 4.12. The topological polar surface area (TPSA) is 59.0 Å². The van der Waals surface area contributed by atoms with Gasteiger partial charge in [-0.25, -0.2) is 0 Å². The Morgan fingerprint density at radius 1 is 1.36 bits per heavy atom. The average Bonchev–Trinajstić information content (AvgIpc) is 3.44. The monoisotopic (exact) mass is 389 g/mol. The van der Waals surface area contributed by atoms with Gasteiger partial charge in [0.25, 0.3) is 0 Å². The lowest BCUT2D eigenvalue weighted by molar-refractivity contribution is -0.130. The number of amides is 1. The first-order valence-corrected chi connectivity index (χ1v) is 10.7. The van der Waals surface area contributed by atoms with Crippen molar-refractivity contribution in [3.05, 3.63) is 23.8 Å². The van der Waals surface area contributed by atoms with Crippen molar-refractivity contribution in [2.75, 3.05) is 26.8 Å². The van der Waals surface area contributed by atoms with Gasteiger partial charge in [-0.2, -0.15) is 0 Å². The van der Waals surface area contributed by atoms with Gasteiger partial charge in [-0.1, -0.05) is 26.3 Å². The standard InChI is InChI=1S/C23H35NO4/c1-5-6-7-22(26)24-13-19(23(3,15-24)16(2)25)18-10-11-20(27-4)21(12-18)28-14-17-8-9-17/h10-12,16-17,19,25H,5-9,13-15H2,1-4H3/t16-,19+,23+/m1/s1. The van der Waals surface area contributed by atoms with Gasteiger partial charge < -0.3 is 19.5 Å². The minimum Gasteiger partial charge on any atom is -0.493 e. The van der Waals surface area contributed by atoms with Crippen LogP contribution in [-0.2, 0) is 4.79 Å². The van der Waals surface area contributed by atoms with Crippen molar-refractivity contribution >= 4 is 5.91 Å². The third-order valence-electron chi connectivity index (χ3n) is 6.54. The number of aliphatic hydroxyl groups is 1. The van der Waals surface area contributed by atoms with Crippen LogP contribution in [-0.4, -0.2) is 48.8 Å². The van der Waals surface area contributed by atoms with E-state index in [4.69, 9.17) is 9.47 Å². The lowest BCUT2D eigenvalue weighted by Crippen LogP contribution is -2.38. The van der Waals surface area contributed by atoms with Crippen molar-refractivity contribution < 1.29 is 19.4 Å².